The lowest BCUT2D eigenvalue weighted by molar-refractivity contribution is -0.161. The fourth-order valence-corrected chi connectivity index (χ4v) is 8.28. The zero-order valence-electron chi connectivity index (χ0n) is 19.1. The van der Waals surface area contributed by atoms with Gasteiger partial charge < -0.3 is 14.6 Å². The Bertz CT molecular complexity index is 744. The van der Waals surface area contributed by atoms with Crippen molar-refractivity contribution in [2.45, 2.75) is 97.9 Å². The minimum absolute atomic E-state index is 0.0140. The lowest BCUT2D eigenvalue weighted by Gasteiger charge is -2.60. The summed E-state index contributed by atoms with van der Waals surface area (Å²) in [7, 11) is 0. The molecule has 9 atom stereocenters. The highest BCUT2D eigenvalue weighted by atomic mass is 16.5. The highest BCUT2D eigenvalue weighted by molar-refractivity contribution is 5.66. The molecular weight excluding hydrogens is 380 g/mol. The van der Waals surface area contributed by atoms with Crippen molar-refractivity contribution in [2.75, 3.05) is 0 Å². The number of aliphatic hydroxyl groups excluding tert-OH is 1. The van der Waals surface area contributed by atoms with Crippen LogP contribution in [0.5, 0.6) is 0 Å². The van der Waals surface area contributed by atoms with Crippen LogP contribution in [0, 0.1) is 34.5 Å². The third kappa shape index (κ3) is 3.41. The van der Waals surface area contributed by atoms with E-state index >= 15 is 0 Å². The van der Waals surface area contributed by atoms with Crippen molar-refractivity contribution in [3.8, 4) is 0 Å². The number of carbonyl (C=O) groups excluding carboxylic acids is 2. The van der Waals surface area contributed by atoms with E-state index < -0.39 is 0 Å². The lowest BCUT2D eigenvalue weighted by Crippen LogP contribution is -2.57. The van der Waals surface area contributed by atoms with Crippen molar-refractivity contribution in [3.05, 3.63) is 11.6 Å². The zero-order valence-corrected chi connectivity index (χ0v) is 19.1. The average molecular weight is 419 g/mol. The molecule has 0 aromatic heterocycles. The Morgan fingerprint density at radius 2 is 1.87 bits per heavy atom. The molecular formula is C25H38O5. The molecule has 3 fully saturated rings. The molecule has 0 spiro atoms. The van der Waals surface area contributed by atoms with Crippen molar-refractivity contribution >= 4 is 11.9 Å². The van der Waals surface area contributed by atoms with Crippen molar-refractivity contribution < 1.29 is 24.2 Å². The van der Waals surface area contributed by atoms with Crippen LogP contribution in [-0.4, -0.2) is 35.4 Å². The van der Waals surface area contributed by atoms with Gasteiger partial charge in [-0.15, -0.1) is 0 Å². The number of carbonyl (C=O) groups is 2. The van der Waals surface area contributed by atoms with Gasteiger partial charge in [-0.25, -0.2) is 0 Å². The second kappa shape index (κ2) is 7.65. The molecule has 30 heavy (non-hydrogen) atoms. The second-order valence-electron chi connectivity index (χ2n) is 10.9. The van der Waals surface area contributed by atoms with E-state index in [0.29, 0.717) is 17.8 Å². The molecule has 0 aromatic rings. The van der Waals surface area contributed by atoms with Gasteiger partial charge in [-0.2, -0.15) is 0 Å². The summed E-state index contributed by atoms with van der Waals surface area (Å²) in [5.74, 6) is 1.21. The third-order valence-corrected chi connectivity index (χ3v) is 9.31. The largest absolute Gasteiger partial charge is 0.463 e. The van der Waals surface area contributed by atoms with Gasteiger partial charge in [-0.05, 0) is 86.5 Å². The molecule has 4 rings (SSSR count). The molecule has 0 saturated heterocycles. The maximum absolute atomic E-state index is 11.6. The molecule has 5 heteroatoms. The average Bonchev–Trinajstić information content (AvgIpc) is 2.97. The van der Waals surface area contributed by atoms with Gasteiger partial charge in [-0.3, -0.25) is 9.59 Å². The Labute approximate surface area is 180 Å². The molecule has 1 unspecified atom stereocenters. The molecule has 0 aliphatic heterocycles. The van der Waals surface area contributed by atoms with Crippen LogP contribution in [0.4, 0.5) is 0 Å². The molecule has 0 amide bonds. The summed E-state index contributed by atoms with van der Waals surface area (Å²) in [5, 5.41) is 11.5. The van der Waals surface area contributed by atoms with Crippen molar-refractivity contribution in [1.82, 2.24) is 0 Å². The quantitative estimate of drug-likeness (QED) is 0.543. The van der Waals surface area contributed by atoms with Crippen molar-refractivity contribution in [3.63, 3.8) is 0 Å². The van der Waals surface area contributed by atoms with E-state index in [4.69, 9.17) is 9.47 Å². The van der Waals surface area contributed by atoms with Crippen LogP contribution < -0.4 is 0 Å². The van der Waals surface area contributed by atoms with Crippen LogP contribution in [-0.2, 0) is 19.1 Å². The Kier molecular flexibility index (Phi) is 5.57. The smallest absolute Gasteiger partial charge is 0.303 e. The van der Waals surface area contributed by atoms with Gasteiger partial charge in [0.1, 0.15) is 12.2 Å². The third-order valence-electron chi connectivity index (χ3n) is 9.31. The van der Waals surface area contributed by atoms with Crippen LogP contribution in [0.25, 0.3) is 0 Å². The maximum atomic E-state index is 11.6. The lowest BCUT2D eigenvalue weighted by atomic mass is 9.45. The summed E-state index contributed by atoms with van der Waals surface area (Å²) in [6.07, 6.45) is 8.54. The van der Waals surface area contributed by atoms with Gasteiger partial charge in [0.05, 0.1) is 6.10 Å². The van der Waals surface area contributed by atoms with Gasteiger partial charge in [-0.1, -0.05) is 19.4 Å². The molecule has 0 bridgehead atoms. The number of rotatable bonds is 3. The molecule has 4 aliphatic rings. The number of fused-ring (bicyclic) bond motifs is 5. The molecule has 3 saturated carbocycles. The fraction of sp³-hybridized carbons (Fsp3) is 0.840. The van der Waals surface area contributed by atoms with Crippen LogP contribution >= 0.6 is 0 Å². The molecule has 0 radical (unpaired) electrons. The normalized spacial score (nSPS) is 46.0. The summed E-state index contributed by atoms with van der Waals surface area (Å²) in [6.45, 7) is 9.65. The van der Waals surface area contributed by atoms with Crippen LogP contribution in [0.15, 0.2) is 11.6 Å². The first-order chi connectivity index (χ1) is 14.1. The number of hydrogen-bond donors (Lipinski definition) is 1. The van der Waals surface area contributed by atoms with Gasteiger partial charge in [0.2, 0.25) is 0 Å². The topological polar surface area (TPSA) is 72.8 Å². The predicted octanol–water partition coefficient (Wildman–Crippen LogP) is 4.42. The number of allylic oxidation sites excluding steroid dienone is 1. The zero-order chi connectivity index (χ0) is 21.8. The molecule has 4 aliphatic carbocycles. The molecule has 168 valence electrons. The van der Waals surface area contributed by atoms with Crippen molar-refractivity contribution in [2.24, 2.45) is 34.5 Å². The maximum Gasteiger partial charge on any atom is 0.303 e. The number of aliphatic hydroxyl groups is 1. The molecule has 5 nitrogen and oxygen atoms in total. The predicted molar refractivity (Wildman–Crippen MR) is 113 cm³/mol. The summed E-state index contributed by atoms with van der Waals surface area (Å²) in [6, 6.07) is 0. The molecule has 0 heterocycles. The second-order valence-corrected chi connectivity index (χ2v) is 10.9. The van der Waals surface area contributed by atoms with E-state index in [9.17, 15) is 14.7 Å². The minimum atomic E-state index is -0.347. The standard InChI is InChI=1S/C25H38O5/c1-14(29-15(2)26)20-8-9-21-19-7-6-17-12-18(30-16(3)27)10-11-24(17,4)23(19)22(28)13-25(20,21)5/h12,14,18-23,28H,6-11,13H2,1-5H3/t14?,18-,19-,20+,21-,22+,23+,24-,25+/m0/s1. The van der Waals surface area contributed by atoms with Crippen LogP contribution in [0.1, 0.15) is 79.6 Å². The Morgan fingerprint density at radius 1 is 1.13 bits per heavy atom. The highest BCUT2D eigenvalue weighted by Gasteiger charge is 2.62. The summed E-state index contributed by atoms with van der Waals surface area (Å²) >= 11 is 0. The fourth-order valence-electron chi connectivity index (χ4n) is 8.28. The van der Waals surface area contributed by atoms with E-state index in [2.05, 4.69) is 19.9 Å². The first-order valence-corrected chi connectivity index (χ1v) is 11.8. The van der Waals surface area contributed by atoms with Gasteiger partial charge in [0.25, 0.3) is 0 Å². The Hall–Kier alpha value is -1.36. The van der Waals surface area contributed by atoms with Gasteiger partial charge in [0, 0.05) is 19.8 Å². The summed E-state index contributed by atoms with van der Waals surface area (Å²) in [5.41, 5.74) is 1.38. The number of hydrogen-bond acceptors (Lipinski definition) is 5. The Balaban J connectivity index is 1.59. The van der Waals surface area contributed by atoms with Gasteiger partial charge >= 0.3 is 11.9 Å². The molecule has 0 aromatic carbocycles. The number of ether oxygens (including phenoxy) is 2. The van der Waals surface area contributed by atoms with E-state index in [-0.39, 0.29) is 47.0 Å². The van der Waals surface area contributed by atoms with Crippen LogP contribution in [0.3, 0.4) is 0 Å². The van der Waals surface area contributed by atoms with E-state index in [0.717, 1.165) is 44.9 Å². The monoisotopic (exact) mass is 418 g/mol. The van der Waals surface area contributed by atoms with Crippen LogP contribution in [0.2, 0.25) is 0 Å². The Morgan fingerprint density at radius 3 is 2.53 bits per heavy atom. The summed E-state index contributed by atoms with van der Waals surface area (Å²) in [4.78, 5) is 23.0. The SMILES string of the molecule is CC(=O)OC(C)[C@H]1CC[C@H]2[C@@H]3CCC4=C[C@@H](OC(C)=O)CC[C@]4(C)[C@H]3[C@H](O)C[C@]12C. The van der Waals surface area contributed by atoms with E-state index in [1.165, 1.54) is 19.4 Å². The van der Waals surface area contributed by atoms with Crippen molar-refractivity contribution in [1.29, 1.82) is 0 Å². The first-order valence-electron chi connectivity index (χ1n) is 11.8. The highest BCUT2D eigenvalue weighted by Crippen LogP contribution is 2.67. The first kappa shape index (κ1) is 21.9. The summed E-state index contributed by atoms with van der Waals surface area (Å²) < 4.78 is 11.1. The van der Waals surface area contributed by atoms with Gasteiger partial charge in [0.15, 0.2) is 0 Å². The molecule has 1 N–H and O–H groups in total. The number of esters is 2. The minimum Gasteiger partial charge on any atom is -0.463 e. The van der Waals surface area contributed by atoms with E-state index in [1.54, 1.807) is 0 Å². The van der Waals surface area contributed by atoms with E-state index in [1.807, 2.05) is 6.92 Å².